The molecule has 0 spiro atoms. The van der Waals surface area contributed by atoms with Gasteiger partial charge in [0, 0.05) is 42.2 Å². The summed E-state index contributed by atoms with van der Waals surface area (Å²) in [5, 5.41) is 2.87. The van der Waals surface area contributed by atoms with Crippen LogP contribution in [0.15, 0.2) is 52.7 Å². The van der Waals surface area contributed by atoms with E-state index in [0.717, 1.165) is 37.0 Å². The topological polar surface area (TPSA) is 95.0 Å². The quantitative estimate of drug-likeness (QED) is 0.736. The number of pyridine rings is 1. The molecule has 4 heterocycles. The van der Waals surface area contributed by atoms with E-state index in [-0.39, 0.29) is 36.2 Å². The largest absolute Gasteiger partial charge is 0.357 e. The maximum absolute atomic E-state index is 12.9. The second-order valence-corrected chi connectivity index (χ2v) is 8.53. The third-order valence-corrected chi connectivity index (χ3v) is 6.30. The molecule has 5 rings (SSSR count). The molecule has 0 aromatic carbocycles. The van der Waals surface area contributed by atoms with Gasteiger partial charge in [0.25, 0.3) is 11.8 Å². The van der Waals surface area contributed by atoms with Gasteiger partial charge in [-0.05, 0) is 56.7 Å². The summed E-state index contributed by atoms with van der Waals surface area (Å²) < 4.78 is 0. The molecule has 1 N–H and O–H groups in total. The number of aliphatic imine (C=N–C) groups is 1. The number of nitrogens with one attached hydrogen (secondary N) is 1. The molecule has 1 unspecified atom stereocenters. The monoisotopic (exact) mass is 419 g/mol. The number of nitrogens with zero attached hydrogens (tertiary/aromatic N) is 4. The summed E-state index contributed by atoms with van der Waals surface area (Å²) in [5.74, 6) is 0.0489. The number of hydrogen-bond donors (Lipinski definition) is 1. The lowest BCUT2D eigenvalue weighted by atomic mass is 9.91. The fourth-order valence-electron chi connectivity index (χ4n) is 4.62. The number of aromatic nitrogens is 1. The Bertz CT molecular complexity index is 1040. The first-order chi connectivity index (χ1) is 15.0. The molecule has 8 nitrogen and oxygen atoms in total. The molecule has 4 aliphatic rings. The first-order valence-electron chi connectivity index (χ1n) is 10.8. The van der Waals surface area contributed by atoms with Crippen molar-refractivity contribution in [1.29, 1.82) is 0 Å². The Kier molecular flexibility index (Phi) is 4.92. The van der Waals surface area contributed by atoms with Crippen LogP contribution in [0.4, 0.5) is 0 Å². The van der Waals surface area contributed by atoms with Crippen LogP contribution in [0.3, 0.4) is 0 Å². The second-order valence-electron chi connectivity index (χ2n) is 8.53. The summed E-state index contributed by atoms with van der Waals surface area (Å²) in [6.07, 6.45) is 9.36. The minimum absolute atomic E-state index is 0.0360. The SMILES string of the molecule is CC1=NC(NC(=O)CN2CCCC3=C2C(=O)N(C2CC2)C3=O)=CCC1c1cccnc1. The molecular formula is C23H25N5O3. The molecule has 3 aliphatic heterocycles. The van der Waals surface area contributed by atoms with Crippen LogP contribution in [0.1, 0.15) is 50.5 Å². The summed E-state index contributed by atoms with van der Waals surface area (Å²) in [7, 11) is 0. The number of imide groups is 1. The van der Waals surface area contributed by atoms with Gasteiger partial charge in [0.15, 0.2) is 0 Å². The second kappa shape index (κ2) is 7.76. The van der Waals surface area contributed by atoms with Gasteiger partial charge in [-0.15, -0.1) is 0 Å². The molecule has 0 saturated heterocycles. The van der Waals surface area contributed by atoms with E-state index in [1.807, 2.05) is 31.3 Å². The molecule has 0 radical (unpaired) electrons. The standard InChI is InChI=1S/C23H25N5O3/c1-14-17(15-4-2-10-24-12-15)8-9-19(25-14)26-20(29)13-27-11-3-5-18-21(27)23(31)28(22(18)30)16-6-7-16/h2,4,9-10,12,16-17H,3,5-8,11,13H2,1H3,(H,26,29). The number of rotatable bonds is 5. The van der Waals surface area contributed by atoms with Crippen molar-refractivity contribution in [2.45, 2.75) is 51.0 Å². The zero-order valence-corrected chi connectivity index (χ0v) is 17.5. The van der Waals surface area contributed by atoms with E-state index < -0.39 is 0 Å². The molecule has 160 valence electrons. The third kappa shape index (κ3) is 3.66. The van der Waals surface area contributed by atoms with E-state index in [0.29, 0.717) is 30.1 Å². The maximum Gasteiger partial charge on any atom is 0.277 e. The third-order valence-electron chi connectivity index (χ3n) is 6.30. The Labute approximate surface area is 180 Å². The molecule has 1 saturated carbocycles. The Balaban J connectivity index is 1.24. The van der Waals surface area contributed by atoms with Crippen LogP contribution in [-0.4, -0.2) is 57.3 Å². The van der Waals surface area contributed by atoms with Crippen LogP contribution >= 0.6 is 0 Å². The van der Waals surface area contributed by atoms with Crippen molar-refractivity contribution in [3.05, 3.63) is 53.3 Å². The minimum Gasteiger partial charge on any atom is -0.357 e. The smallest absolute Gasteiger partial charge is 0.277 e. The van der Waals surface area contributed by atoms with Crippen LogP contribution < -0.4 is 5.32 Å². The maximum atomic E-state index is 12.9. The van der Waals surface area contributed by atoms with Crippen LogP contribution in [0.5, 0.6) is 0 Å². The van der Waals surface area contributed by atoms with E-state index >= 15 is 0 Å². The van der Waals surface area contributed by atoms with Gasteiger partial charge in [0.05, 0.1) is 6.54 Å². The average Bonchev–Trinajstić information content (AvgIpc) is 3.55. The zero-order chi connectivity index (χ0) is 21.5. The molecule has 1 aliphatic carbocycles. The highest BCUT2D eigenvalue weighted by atomic mass is 16.2. The summed E-state index contributed by atoms with van der Waals surface area (Å²) in [4.78, 5) is 50.2. The Morgan fingerprint density at radius 1 is 1.26 bits per heavy atom. The van der Waals surface area contributed by atoms with Crippen LogP contribution in [0.2, 0.25) is 0 Å². The highest BCUT2D eigenvalue weighted by Gasteiger charge is 2.48. The van der Waals surface area contributed by atoms with Crippen molar-refractivity contribution in [3.63, 3.8) is 0 Å². The van der Waals surface area contributed by atoms with Crippen molar-refractivity contribution in [2.24, 2.45) is 4.99 Å². The molecule has 1 fully saturated rings. The van der Waals surface area contributed by atoms with Gasteiger partial charge >= 0.3 is 0 Å². The van der Waals surface area contributed by atoms with Gasteiger partial charge in [-0.1, -0.05) is 6.07 Å². The van der Waals surface area contributed by atoms with E-state index in [1.165, 1.54) is 4.90 Å². The van der Waals surface area contributed by atoms with Crippen molar-refractivity contribution < 1.29 is 14.4 Å². The van der Waals surface area contributed by atoms with Gasteiger partial charge in [0.2, 0.25) is 5.91 Å². The molecule has 1 aromatic rings. The van der Waals surface area contributed by atoms with Crippen LogP contribution in [-0.2, 0) is 14.4 Å². The Hall–Kier alpha value is -3.29. The highest BCUT2D eigenvalue weighted by Crippen LogP contribution is 2.38. The number of carbonyl (C=O) groups excluding carboxylic acids is 3. The Morgan fingerprint density at radius 3 is 2.81 bits per heavy atom. The molecule has 0 bridgehead atoms. The number of hydrogen-bond acceptors (Lipinski definition) is 6. The number of amides is 3. The normalized spacial score (nSPS) is 23.6. The minimum atomic E-state index is -0.236. The summed E-state index contributed by atoms with van der Waals surface area (Å²) in [6, 6.07) is 3.98. The van der Waals surface area contributed by atoms with Gasteiger partial charge in [-0.3, -0.25) is 24.3 Å². The highest BCUT2D eigenvalue weighted by molar-refractivity contribution is 6.19. The van der Waals surface area contributed by atoms with Gasteiger partial charge < -0.3 is 10.2 Å². The molecule has 3 amide bonds. The summed E-state index contributed by atoms with van der Waals surface area (Å²) >= 11 is 0. The van der Waals surface area contributed by atoms with E-state index in [2.05, 4.69) is 15.3 Å². The van der Waals surface area contributed by atoms with Crippen molar-refractivity contribution in [1.82, 2.24) is 20.1 Å². The van der Waals surface area contributed by atoms with Gasteiger partial charge in [0.1, 0.15) is 11.5 Å². The van der Waals surface area contributed by atoms with Crippen LogP contribution in [0, 0.1) is 0 Å². The fourth-order valence-corrected chi connectivity index (χ4v) is 4.62. The first-order valence-corrected chi connectivity index (χ1v) is 10.8. The Morgan fingerprint density at radius 2 is 2.10 bits per heavy atom. The predicted octanol–water partition coefficient (Wildman–Crippen LogP) is 1.87. The molecule has 8 heteroatoms. The van der Waals surface area contributed by atoms with Gasteiger partial charge in [-0.2, -0.15) is 0 Å². The van der Waals surface area contributed by atoms with Crippen LogP contribution in [0.25, 0.3) is 0 Å². The van der Waals surface area contributed by atoms with Crippen molar-refractivity contribution in [3.8, 4) is 0 Å². The first kappa shape index (κ1) is 19.7. The van der Waals surface area contributed by atoms with Gasteiger partial charge in [-0.25, -0.2) is 4.99 Å². The number of allylic oxidation sites excluding steroid dienone is 1. The average molecular weight is 419 g/mol. The fraction of sp³-hybridized carbons (Fsp3) is 0.435. The van der Waals surface area contributed by atoms with E-state index in [9.17, 15) is 14.4 Å². The van der Waals surface area contributed by atoms with Crippen molar-refractivity contribution >= 4 is 23.4 Å². The van der Waals surface area contributed by atoms with Crippen molar-refractivity contribution in [2.75, 3.05) is 13.1 Å². The molecule has 31 heavy (non-hydrogen) atoms. The van der Waals surface area contributed by atoms with E-state index in [1.54, 1.807) is 11.1 Å². The predicted molar refractivity (Wildman–Crippen MR) is 114 cm³/mol. The lowest BCUT2D eigenvalue weighted by molar-refractivity contribution is -0.138. The molecular weight excluding hydrogens is 394 g/mol. The lowest BCUT2D eigenvalue weighted by Crippen LogP contribution is -2.41. The number of carbonyl (C=O) groups is 3. The molecule has 1 aromatic heterocycles. The summed E-state index contributed by atoms with van der Waals surface area (Å²) in [6.45, 7) is 2.58. The zero-order valence-electron chi connectivity index (χ0n) is 17.5. The van der Waals surface area contributed by atoms with E-state index in [4.69, 9.17) is 0 Å². The lowest BCUT2D eigenvalue weighted by Gasteiger charge is -2.28. The molecule has 1 atom stereocenters. The summed E-state index contributed by atoms with van der Waals surface area (Å²) in [5.41, 5.74) is 3.02.